The molecule has 1 fully saturated rings. The molecule has 1 amide bonds. The summed E-state index contributed by atoms with van der Waals surface area (Å²) in [5, 5.41) is 9.24. The summed E-state index contributed by atoms with van der Waals surface area (Å²) in [6.07, 6.45) is 0.516. The molecule has 7 heteroatoms. The summed E-state index contributed by atoms with van der Waals surface area (Å²) in [4.78, 5) is 40.1. The van der Waals surface area contributed by atoms with E-state index in [-0.39, 0.29) is 18.9 Å². The van der Waals surface area contributed by atoms with Crippen molar-refractivity contribution in [1.29, 1.82) is 0 Å². The van der Waals surface area contributed by atoms with Gasteiger partial charge in [-0.1, -0.05) is 6.92 Å². The lowest BCUT2D eigenvalue weighted by atomic mass is 10.0. The number of morpholine rings is 1. The van der Waals surface area contributed by atoms with Gasteiger partial charge < -0.3 is 19.7 Å². The van der Waals surface area contributed by atoms with Gasteiger partial charge in [0, 0.05) is 17.8 Å². The molecule has 2 rings (SSSR count). The summed E-state index contributed by atoms with van der Waals surface area (Å²) in [6.45, 7) is 5.54. The number of nitrogens with zero attached hydrogens (tertiary/aromatic N) is 1. The number of ether oxygens (including phenoxy) is 1. The highest BCUT2D eigenvalue weighted by Crippen LogP contribution is 2.23. The molecule has 2 heterocycles. The Morgan fingerprint density at radius 3 is 2.64 bits per heavy atom. The Kier molecular flexibility index (Phi) is 4.65. The fraction of sp³-hybridized carbons (Fsp3) is 0.533. The van der Waals surface area contributed by atoms with E-state index < -0.39 is 17.9 Å². The first-order valence-corrected chi connectivity index (χ1v) is 7.22. The molecule has 1 aromatic heterocycles. The molecular formula is C15H20N2O5. The zero-order valence-corrected chi connectivity index (χ0v) is 12.9. The van der Waals surface area contributed by atoms with Gasteiger partial charge in [0.15, 0.2) is 11.8 Å². The third-order valence-corrected chi connectivity index (χ3v) is 3.88. The normalized spacial score (nSPS) is 18.3. The smallest absolute Gasteiger partial charge is 0.328 e. The number of aromatic nitrogens is 1. The lowest BCUT2D eigenvalue weighted by molar-refractivity contribution is -0.147. The molecule has 7 nitrogen and oxygen atoms in total. The van der Waals surface area contributed by atoms with E-state index in [1.165, 1.54) is 11.8 Å². The predicted molar refractivity (Wildman–Crippen MR) is 78.2 cm³/mol. The maximum atomic E-state index is 12.7. The van der Waals surface area contributed by atoms with E-state index >= 15 is 0 Å². The lowest BCUT2D eigenvalue weighted by Crippen LogP contribution is -2.52. The van der Waals surface area contributed by atoms with Gasteiger partial charge in [-0.25, -0.2) is 4.79 Å². The van der Waals surface area contributed by atoms with Gasteiger partial charge in [0.2, 0.25) is 0 Å². The van der Waals surface area contributed by atoms with Gasteiger partial charge in [-0.05, 0) is 25.8 Å². The van der Waals surface area contributed by atoms with Crippen LogP contribution in [0.3, 0.4) is 0 Å². The number of hydrogen-bond donors (Lipinski definition) is 2. The summed E-state index contributed by atoms with van der Waals surface area (Å²) in [6, 6.07) is -1.00. The number of carbonyl (C=O) groups is 3. The van der Waals surface area contributed by atoms with Crippen molar-refractivity contribution >= 4 is 17.7 Å². The lowest BCUT2D eigenvalue weighted by Gasteiger charge is -2.32. The topological polar surface area (TPSA) is 99.7 Å². The number of carboxylic acid groups (broad SMARTS) is 1. The standard InChI is InChI=1S/C15H20N2O5/c1-4-10-12(9(3)18)8(2)16-13(10)14(19)17-5-6-22-7-11(17)15(20)21/h11,16H,4-7H2,1-3H3,(H,20,21). The molecule has 1 atom stereocenters. The first kappa shape index (κ1) is 16.2. The third-order valence-electron chi connectivity index (χ3n) is 3.88. The van der Waals surface area contributed by atoms with Crippen molar-refractivity contribution in [2.45, 2.75) is 33.2 Å². The van der Waals surface area contributed by atoms with E-state index in [0.717, 1.165) is 0 Å². The molecule has 22 heavy (non-hydrogen) atoms. The highest BCUT2D eigenvalue weighted by molar-refractivity contribution is 6.03. The average Bonchev–Trinajstić information content (AvgIpc) is 2.83. The number of ketones is 1. The van der Waals surface area contributed by atoms with Crippen molar-refractivity contribution in [3.8, 4) is 0 Å². The first-order valence-electron chi connectivity index (χ1n) is 7.22. The minimum absolute atomic E-state index is 0.0260. The third kappa shape index (κ3) is 2.76. The van der Waals surface area contributed by atoms with E-state index in [1.54, 1.807) is 6.92 Å². The fourth-order valence-corrected chi connectivity index (χ4v) is 2.88. The maximum Gasteiger partial charge on any atom is 0.328 e. The summed E-state index contributed by atoms with van der Waals surface area (Å²) in [5.41, 5.74) is 2.10. The molecule has 0 spiro atoms. The highest BCUT2D eigenvalue weighted by atomic mass is 16.5. The number of carbonyl (C=O) groups excluding carboxylic acids is 2. The average molecular weight is 308 g/mol. The number of aromatic amines is 1. The Bertz CT molecular complexity index is 620. The molecule has 1 aliphatic rings. The molecule has 1 aromatic rings. The monoisotopic (exact) mass is 308 g/mol. The van der Waals surface area contributed by atoms with Crippen LogP contribution in [0.15, 0.2) is 0 Å². The zero-order chi connectivity index (χ0) is 16.4. The Morgan fingerprint density at radius 1 is 1.41 bits per heavy atom. The molecule has 2 N–H and O–H groups in total. The second-order valence-electron chi connectivity index (χ2n) is 5.32. The first-order chi connectivity index (χ1) is 10.4. The largest absolute Gasteiger partial charge is 0.480 e. The molecule has 1 unspecified atom stereocenters. The number of aryl methyl sites for hydroxylation is 1. The minimum Gasteiger partial charge on any atom is -0.480 e. The Morgan fingerprint density at radius 2 is 2.09 bits per heavy atom. The fourth-order valence-electron chi connectivity index (χ4n) is 2.88. The van der Waals surface area contributed by atoms with Gasteiger partial charge in [0.05, 0.1) is 13.2 Å². The summed E-state index contributed by atoms with van der Waals surface area (Å²) < 4.78 is 5.14. The second kappa shape index (κ2) is 6.31. The summed E-state index contributed by atoms with van der Waals surface area (Å²) in [5.74, 6) is -1.61. The second-order valence-corrected chi connectivity index (χ2v) is 5.32. The number of carboxylic acids is 1. The van der Waals surface area contributed by atoms with Crippen molar-refractivity contribution in [3.05, 3.63) is 22.5 Å². The molecule has 0 aromatic carbocycles. The van der Waals surface area contributed by atoms with Crippen LogP contribution in [0.1, 0.15) is 46.0 Å². The molecule has 1 saturated heterocycles. The highest BCUT2D eigenvalue weighted by Gasteiger charge is 2.35. The van der Waals surface area contributed by atoms with E-state index in [2.05, 4.69) is 4.98 Å². The molecule has 120 valence electrons. The van der Waals surface area contributed by atoms with Crippen LogP contribution >= 0.6 is 0 Å². The minimum atomic E-state index is -1.10. The van der Waals surface area contributed by atoms with Crippen LogP contribution in [0.4, 0.5) is 0 Å². The van der Waals surface area contributed by atoms with Gasteiger partial charge >= 0.3 is 5.97 Å². The van der Waals surface area contributed by atoms with Crippen molar-refractivity contribution in [2.24, 2.45) is 0 Å². The molecule has 0 radical (unpaired) electrons. The van der Waals surface area contributed by atoms with E-state index in [1.807, 2.05) is 6.92 Å². The maximum absolute atomic E-state index is 12.7. The molecular weight excluding hydrogens is 288 g/mol. The Labute approximate surface area is 128 Å². The van der Waals surface area contributed by atoms with Crippen LogP contribution in [0, 0.1) is 6.92 Å². The van der Waals surface area contributed by atoms with Crippen molar-refractivity contribution < 1.29 is 24.2 Å². The molecule has 0 bridgehead atoms. The van der Waals surface area contributed by atoms with Gasteiger partial charge in [0.1, 0.15) is 5.69 Å². The van der Waals surface area contributed by atoms with Crippen LogP contribution in [0.25, 0.3) is 0 Å². The van der Waals surface area contributed by atoms with Crippen LogP contribution in [0.2, 0.25) is 0 Å². The van der Waals surface area contributed by atoms with Crippen molar-refractivity contribution in [3.63, 3.8) is 0 Å². The van der Waals surface area contributed by atoms with Crippen molar-refractivity contribution in [2.75, 3.05) is 19.8 Å². The van der Waals surface area contributed by atoms with Gasteiger partial charge in [0.25, 0.3) is 5.91 Å². The van der Waals surface area contributed by atoms with Crippen LogP contribution in [-0.4, -0.2) is 58.5 Å². The molecule has 0 aliphatic carbocycles. The van der Waals surface area contributed by atoms with Crippen LogP contribution < -0.4 is 0 Å². The number of aliphatic carboxylic acids is 1. The Hall–Kier alpha value is -2.15. The summed E-state index contributed by atoms with van der Waals surface area (Å²) in [7, 11) is 0. The van der Waals surface area contributed by atoms with E-state index in [4.69, 9.17) is 4.74 Å². The number of Topliss-reactive ketones (excluding diaryl/α,β-unsaturated/α-hetero) is 1. The van der Waals surface area contributed by atoms with Gasteiger partial charge in [-0.3, -0.25) is 9.59 Å². The zero-order valence-electron chi connectivity index (χ0n) is 12.9. The van der Waals surface area contributed by atoms with Crippen LogP contribution in [0.5, 0.6) is 0 Å². The number of rotatable bonds is 4. The van der Waals surface area contributed by atoms with Crippen molar-refractivity contribution in [1.82, 2.24) is 9.88 Å². The predicted octanol–water partition coefficient (Wildman–Crippen LogP) is 1.01. The number of amides is 1. The van der Waals surface area contributed by atoms with Gasteiger partial charge in [-0.2, -0.15) is 0 Å². The number of hydrogen-bond acceptors (Lipinski definition) is 4. The number of H-pyrrole nitrogens is 1. The summed E-state index contributed by atoms with van der Waals surface area (Å²) >= 11 is 0. The molecule has 1 aliphatic heterocycles. The van der Waals surface area contributed by atoms with E-state index in [9.17, 15) is 19.5 Å². The number of nitrogens with one attached hydrogen (secondary N) is 1. The quantitative estimate of drug-likeness (QED) is 0.809. The SMILES string of the molecule is CCc1c(C(=O)N2CCOCC2C(=O)O)[nH]c(C)c1C(C)=O. The van der Waals surface area contributed by atoms with Gasteiger partial charge in [-0.15, -0.1) is 0 Å². The molecule has 0 saturated carbocycles. The Balaban J connectivity index is 2.42. The van der Waals surface area contributed by atoms with Crippen LogP contribution in [-0.2, 0) is 16.0 Å². The van der Waals surface area contributed by atoms with E-state index in [0.29, 0.717) is 35.5 Å².